The van der Waals surface area contributed by atoms with Crippen LogP contribution in [0.5, 0.6) is 0 Å². The van der Waals surface area contributed by atoms with Crippen molar-refractivity contribution in [2.75, 3.05) is 6.61 Å². The summed E-state index contributed by atoms with van der Waals surface area (Å²) in [5.41, 5.74) is -2.55. The second kappa shape index (κ2) is 8.92. The molecule has 0 saturated carbocycles. The zero-order valence-electron chi connectivity index (χ0n) is 13.6. The number of aliphatic hydroxyl groups is 5. The van der Waals surface area contributed by atoms with E-state index >= 15 is 0 Å². The molecule has 0 aromatic rings. The summed E-state index contributed by atoms with van der Waals surface area (Å²) in [5, 5.41) is 51.8. The van der Waals surface area contributed by atoms with Gasteiger partial charge in [-0.2, -0.15) is 8.42 Å². The molecule has 148 valence electrons. The molecule has 25 heavy (non-hydrogen) atoms. The van der Waals surface area contributed by atoms with Crippen LogP contribution in [0.2, 0.25) is 0 Å². The number of oxime groups is 1. The van der Waals surface area contributed by atoms with Crippen LogP contribution < -0.4 is 0 Å². The van der Waals surface area contributed by atoms with E-state index < -0.39 is 52.5 Å². The van der Waals surface area contributed by atoms with Crippen LogP contribution in [0.1, 0.15) is 26.7 Å². The van der Waals surface area contributed by atoms with E-state index in [9.17, 15) is 28.8 Å². The molecule has 0 bridgehead atoms. The topological polar surface area (TPSA) is 186 Å². The molecule has 1 aliphatic rings. The average molecular weight is 405 g/mol. The molecule has 1 heterocycles. The highest BCUT2D eigenvalue weighted by molar-refractivity contribution is 8.14. The predicted octanol–water partition coefficient (Wildman–Crippen LogP) is -1.80. The Balaban J connectivity index is 2.99. The van der Waals surface area contributed by atoms with Gasteiger partial charge in [-0.15, -0.1) is 0 Å². The van der Waals surface area contributed by atoms with Crippen molar-refractivity contribution >= 4 is 27.2 Å². The molecule has 11 nitrogen and oxygen atoms in total. The van der Waals surface area contributed by atoms with Crippen LogP contribution in [0.15, 0.2) is 5.16 Å². The Morgan fingerprint density at radius 1 is 1.28 bits per heavy atom. The standard InChI is InChI=1S/C12H23NO10S2/c1-3-12(2,18)4-7(13-23-25(19,20)21)24-11-10(17)9(16)8(15)6(5-14)22-11/h6,8-11,14-18H,3-5H2,1-2H3,(H,19,20,21)/t6-,8-,9+,10-,11+,12+/m1/s1. The molecule has 13 heteroatoms. The molecule has 6 atom stereocenters. The molecular weight excluding hydrogens is 382 g/mol. The minimum Gasteiger partial charge on any atom is -0.394 e. The second-order valence-electron chi connectivity index (χ2n) is 5.83. The van der Waals surface area contributed by atoms with E-state index in [1.54, 1.807) is 6.92 Å². The van der Waals surface area contributed by atoms with E-state index in [0.29, 0.717) is 11.8 Å². The summed E-state index contributed by atoms with van der Waals surface area (Å²) in [6.07, 6.45) is -5.87. The molecule has 0 radical (unpaired) electrons. The molecule has 0 aliphatic carbocycles. The first-order valence-corrected chi connectivity index (χ1v) is 9.57. The maximum atomic E-state index is 10.7. The highest BCUT2D eigenvalue weighted by Crippen LogP contribution is 2.32. The monoisotopic (exact) mass is 405 g/mol. The number of thioether (sulfide) groups is 1. The highest BCUT2D eigenvalue weighted by Gasteiger charge is 2.44. The zero-order chi connectivity index (χ0) is 19.4. The number of ether oxygens (including phenoxy) is 1. The van der Waals surface area contributed by atoms with Crippen LogP contribution in [0.4, 0.5) is 0 Å². The van der Waals surface area contributed by atoms with Crippen LogP contribution in [0.25, 0.3) is 0 Å². The van der Waals surface area contributed by atoms with Gasteiger partial charge in [-0.3, -0.25) is 4.55 Å². The SMILES string of the molecule is CC[C@](C)(O)CC(=NOS(=O)(=O)O)S[C@@H]1O[C@H](CO)[C@@H](O)[C@H](O)[C@H]1O. The van der Waals surface area contributed by atoms with E-state index in [-0.39, 0.29) is 17.9 Å². The van der Waals surface area contributed by atoms with Crippen molar-refractivity contribution in [3.05, 3.63) is 0 Å². The normalized spacial score (nSPS) is 33.8. The summed E-state index contributed by atoms with van der Waals surface area (Å²) in [4.78, 5) is 0. The molecule has 1 aliphatic heterocycles. The molecule has 0 spiro atoms. The molecule has 0 aromatic carbocycles. The minimum atomic E-state index is -4.89. The number of hydrogen-bond acceptors (Lipinski definition) is 11. The van der Waals surface area contributed by atoms with Crippen molar-refractivity contribution < 1.29 is 47.5 Å². The fourth-order valence-corrected chi connectivity index (χ4v) is 3.41. The first-order chi connectivity index (χ1) is 11.4. The van der Waals surface area contributed by atoms with Gasteiger partial charge in [0.15, 0.2) is 0 Å². The zero-order valence-corrected chi connectivity index (χ0v) is 15.2. The van der Waals surface area contributed by atoms with Gasteiger partial charge in [-0.1, -0.05) is 23.8 Å². The molecule has 0 aromatic heterocycles. The minimum absolute atomic E-state index is 0.159. The van der Waals surface area contributed by atoms with Crippen LogP contribution in [0, 0.1) is 0 Å². The maximum Gasteiger partial charge on any atom is 0.466 e. The van der Waals surface area contributed by atoms with Gasteiger partial charge in [0.05, 0.1) is 12.2 Å². The third-order valence-corrected chi connectivity index (χ3v) is 5.00. The van der Waals surface area contributed by atoms with Crippen LogP contribution >= 0.6 is 11.8 Å². The Kier molecular flexibility index (Phi) is 8.04. The summed E-state index contributed by atoms with van der Waals surface area (Å²) in [6, 6.07) is 0. The van der Waals surface area contributed by atoms with Gasteiger partial charge in [0.25, 0.3) is 0 Å². The van der Waals surface area contributed by atoms with Crippen molar-refractivity contribution in [3.63, 3.8) is 0 Å². The Hall–Kier alpha value is -0.510. The van der Waals surface area contributed by atoms with Gasteiger partial charge in [0, 0.05) is 6.42 Å². The number of rotatable bonds is 7. The molecule has 6 N–H and O–H groups in total. The van der Waals surface area contributed by atoms with E-state index in [4.69, 9.17) is 14.4 Å². The summed E-state index contributed by atoms with van der Waals surface area (Å²) < 4.78 is 39.2. The predicted molar refractivity (Wildman–Crippen MR) is 87.0 cm³/mol. The Morgan fingerprint density at radius 3 is 2.36 bits per heavy atom. The summed E-state index contributed by atoms with van der Waals surface area (Å²) in [5.74, 6) is 0. The van der Waals surface area contributed by atoms with Crippen molar-refractivity contribution in [2.24, 2.45) is 5.16 Å². The number of aliphatic hydroxyl groups excluding tert-OH is 4. The van der Waals surface area contributed by atoms with Gasteiger partial charge in [0.2, 0.25) is 0 Å². The van der Waals surface area contributed by atoms with Gasteiger partial charge < -0.3 is 30.3 Å². The van der Waals surface area contributed by atoms with Gasteiger partial charge in [0.1, 0.15) is 34.9 Å². The summed E-state index contributed by atoms with van der Waals surface area (Å²) in [7, 11) is -4.89. The second-order valence-corrected chi connectivity index (χ2v) is 8.01. The molecule has 0 unspecified atom stereocenters. The van der Waals surface area contributed by atoms with Gasteiger partial charge in [-0.25, -0.2) is 4.28 Å². The third-order valence-electron chi connectivity index (χ3n) is 3.63. The molecular formula is C12H23NO10S2. The van der Waals surface area contributed by atoms with E-state index in [1.807, 2.05) is 0 Å². The lowest BCUT2D eigenvalue weighted by atomic mass is 10.0. The Bertz CT molecular complexity index is 564. The smallest absolute Gasteiger partial charge is 0.394 e. The number of hydrogen-bond donors (Lipinski definition) is 6. The van der Waals surface area contributed by atoms with Crippen molar-refractivity contribution in [1.29, 1.82) is 0 Å². The average Bonchev–Trinajstić information content (AvgIpc) is 2.52. The van der Waals surface area contributed by atoms with Crippen LogP contribution in [-0.2, 0) is 19.4 Å². The van der Waals surface area contributed by atoms with Crippen LogP contribution in [-0.4, -0.2) is 85.6 Å². The van der Waals surface area contributed by atoms with Crippen LogP contribution in [0.3, 0.4) is 0 Å². The van der Waals surface area contributed by atoms with E-state index in [1.165, 1.54) is 6.92 Å². The molecule has 0 amide bonds. The van der Waals surface area contributed by atoms with E-state index in [0.717, 1.165) is 0 Å². The Morgan fingerprint density at radius 2 is 1.88 bits per heavy atom. The first-order valence-electron chi connectivity index (χ1n) is 7.32. The lowest BCUT2D eigenvalue weighted by Gasteiger charge is -2.39. The summed E-state index contributed by atoms with van der Waals surface area (Å²) in [6.45, 7) is 2.48. The third kappa shape index (κ3) is 6.96. The maximum absolute atomic E-state index is 10.7. The fourth-order valence-electron chi connectivity index (χ4n) is 1.93. The fraction of sp³-hybridized carbons (Fsp3) is 0.917. The van der Waals surface area contributed by atoms with Crippen molar-refractivity contribution in [3.8, 4) is 0 Å². The summed E-state index contributed by atoms with van der Waals surface area (Å²) >= 11 is 0.617. The van der Waals surface area contributed by atoms with Crippen molar-refractivity contribution in [1.82, 2.24) is 0 Å². The lowest BCUT2D eigenvalue weighted by molar-refractivity contribution is -0.205. The van der Waals surface area contributed by atoms with Gasteiger partial charge in [-0.05, 0) is 13.3 Å². The quantitative estimate of drug-likeness (QED) is 0.121. The Labute approximate surface area is 149 Å². The molecule has 1 rings (SSSR count). The molecule has 1 fully saturated rings. The lowest BCUT2D eigenvalue weighted by Crippen LogP contribution is -2.57. The van der Waals surface area contributed by atoms with Crippen molar-refractivity contribution in [2.45, 2.75) is 62.1 Å². The first kappa shape index (κ1) is 22.5. The number of nitrogens with zero attached hydrogens (tertiary/aromatic N) is 1. The van der Waals surface area contributed by atoms with E-state index in [2.05, 4.69) is 9.44 Å². The molecule has 1 saturated heterocycles. The van der Waals surface area contributed by atoms with Gasteiger partial charge >= 0.3 is 10.4 Å². The largest absolute Gasteiger partial charge is 0.466 e. The highest BCUT2D eigenvalue weighted by atomic mass is 32.3.